The molecule has 0 radical (unpaired) electrons. The van der Waals surface area contributed by atoms with Crippen molar-refractivity contribution in [3.8, 4) is 0 Å². The van der Waals surface area contributed by atoms with E-state index in [1.54, 1.807) is 24.3 Å². The molecule has 2 nitrogen and oxygen atoms in total. The number of allylic oxidation sites excluding steroid dienone is 4. The van der Waals surface area contributed by atoms with Crippen LogP contribution in [0.4, 0.5) is 0 Å². The van der Waals surface area contributed by atoms with Gasteiger partial charge in [-0.15, -0.1) is 0 Å². The van der Waals surface area contributed by atoms with Gasteiger partial charge in [-0.2, -0.15) is 0 Å². The van der Waals surface area contributed by atoms with Crippen molar-refractivity contribution >= 4 is 11.6 Å². The average molecular weight is 270 g/mol. The van der Waals surface area contributed by atoms with Crippen LogP contribution in [0, 0.1) is 0 Å². The van der Waals surface area contributed by atoms with Crippen LogP contribution in [0.15, 0.2) is 47.6 Å². The Morgan fingerprint density at radius 2 is 1.05 bits per heavy atom. The van der Waals surface area contributed by atoms with Crippen molar-refractivity contribution in [2.24, 2.45) is 0 Å². The van der Waals surface area contributed by atoms with Crippen molar-refractivity contribution in [2.75, 3.05) is 0 Å². The summed E-state index contributed by atoms with van der Waals surface area (Å²) in [6.07, 6.45) is 5.46. The van der Waals surface area contributed by atoms with E-state index < -0.39 is 0 Å². The predicted octanol–water partition coefficient (Wildman–Crippen LogP) is 4.76. The normalized spacial score (nSPS) is 15.4. The lowest BCUT2D eigenvalue weighted by Gasteiger charge is -2.21. The summed E-state index contributed by atoms with van der Waals surface area (Å²) >= 11 is 0. The zero-order chi connectivity index (χ0) is 15.1. The van der Waals surface area contributed by atoms with E-state index in [4.69, 9.17) is 0 Å². The Morgan fingerprint density at radius 1 is 0.700 bits per heavy atom. The molecule has 0 bridgehead atoms. The highest BCUT2D eigenvalue weighted by molar-refractivity contribution is 6.31. The molecule has 0 atom stereocenters. The van der Waals surface area contributed by atoms with Crippen LogP contribution in [0.25, 0.3) is 0 Å². The summed E-state index contributed by atoms with van der Waals surface area (Å²) in [4.78, 5) is 24.3. The molecule has 20 heavy (non-hydrogen) atoms. The molecule has 0 amide bonds. The van der Waals surface area contributed by atoms with Crippen molar-refractivity contribution in [1.82, 2.24) is 0 Å². The Labute approximate surface area is 121 Å². The topological polar surface area (TPSA) is 34.1 Å². The maximum atomic E-state index is 12.1. The van der Waals surface area contributed by atoms with Gasteiger partial charge in [0.2, 0.25) is 0 Å². The second kappa shape index (κ2) is 7.59. The van der Waals surface area contributed by atoms with Crippen LogP contribution < -0.4 is 0 Å². The first-order valence-corrected chi connectivity index (χ1v) is 7.38. The maximum Gasteiger partial charge on any atom is 0.194 e. The molecular formula is C18H22O2. The highest BCUT2D eigenvalue weighted by atomic mass is 16.1. The van der Waals surface area contributed by atoms with Crippen molar-refractivity contribution in [2.45, 2.75) is 40.5 Å². The molecule has 0 spiro atoms. The largest absolute Gasteiger partial charge is 0.289 e. The van der Waals surface area contributed by atoms with Crippen LogP contribution in [0.5, 0.6) is 0 Å². The highest BCUT2D eigenvalue weighted by Crippen LogP contribution is 2.32. The van der Waals surface area contributed by atoms with Gasteiger partial charge in [0.15, 0.2) is 11.6 Å². The van der Waals surface area contributed by atoms with Gasteiger partial charge in [-0.3, -0.25) is 9.59 Å². The van der Waals surface area contributed by atoms with Gasteiger partial charge in [-0.25, -0.2) is 0 Å². The van der Waals surface area contributed by atoms with Gasteiger partial charge in [-0.1, -0.05) is 64.1 Å². The number of rotatable bonds is 0. The van der Waals surface area contributed by atoms with E-state index in [0.717, 1.165) is 12.8 Å². The molecule has 2 aliphatic carbocycles. The van der Waals surface area contributed by atoms with Gasteiger partial charge in [-0.05, 0) is 12.8 Å². The zero-order valence-electron chi connectivity index (χ0n) is 12.7. The smallest absolute Gasteiger partial charge is 0.194 e. The highest BCUT2D eigenvalue weighted by Gasteiger charge is 2.32. The third-order valence-electron chi connectivity index (χ3n) is 3.06. The fourth-order valence-corrected chi connectivity index (χ4v) is 2.27. The summed E-state index contributed by atoms with van der Waals surface area (Å²) in [7, 11) is 0. The van der Waals surface area contributed by atoms with Gasteiger partial charge in [0.1, 0.15) is 0 Å². The number of carbonyl (C=O) groups excluding carboxylic acids is 2. The first-order valence-electron chi connectivity index (χ1n) is 7.38. The number of hydrogen-bond acceptors (Lipinski definition) is 2. The zero-order valence-corrected chi connectivity index (χ0v) is 12.7. The lowest BCUT2D eigenvalue weighted by atomic mass is 9.79. The quantitative estimate of drug-likeness (QED) is 0.680. The minimum atomic E-state index is -0.0128. The second-order valence-corrected chi connectivity index (χ2v) is 4.02. The molecule has 1 aromatic carbocycles. The predicted molar refractivity (Wildman–Crippen MR) is 83.2 cm³/mol. The number of hydrogen-bond donors (Lipinski definition) is 0. The van der Waals surface area contributed by atoms with Crippen LogP contribution in [-0.4, -0.2) is 11.6 Å². The summed E-state index contributed by atoms with van der Waals surface area (Å²) in [5.74, 6) is -0.0256. The molecule has 0 saturated carbocycles. The SMILES string of the molecule is CC.CC.O=C1C2=CCCC=C2C(=O)c2ccccc21. The summed E-state index contributed by atoms with van der Waals surface area (Å²) in [6.45, 7) is 8.00. The van der Waals surface area contributed by atoms with Crippen LogP contribution in [0.1, 0.15) is 61.3 Å². The Kier molecular flexibility index (Phi) is 6.10. The summed E-state index contributed by atoms with van der Waals surface area (Å²) in [6, 6.07) is 7.04. The standard InChI is InChI=1S/C14H10O2.2C2H6/c15-13-9-5-1-2-6-10(9)14(16)12-8-4-3-7-11(12)13;2*1-2/h1-2,5-8H,3-4H2;2*1-2H3. The Bertz CT molecular complexity index is 512. The molecule has 0 fully saturated rings. The van der Waals surface area contributed by atoms with E-state index in [1.165, 1.54) is 0 Å². The molecule has 0 aromatic heterocycles. The molecule has 1 aromatic rings. The van der Waals surface area contributed by atoms with Gasteiger partial charge in [0, 0.05) is 22.3 Å². The van der Waals surface area contributed by atoms with Gasteiger partial charge < -0.3 is 0 Å². The first kappa shape index (κ1) is 16.1. The maximum absolute atomic E-state index is 12.1. The van der Waals surface area contributed by atoms with E-state index in [-0.39, 0.29) is 11.6 Å². The third kappa shape index (κ3) is 2.79. The van der Waals surface area contributed by atoms with Crippen molar-refractivity contribution < 1.29 is 9.59 Å². The van der Waals surface area contributed by atoms with Crippen molar-refractivity contribution in [1.29, 1.82) is 0 Å². The Balaban J connectivity index is 0.000000461. The van der Waals surface area contributed by atoms with Crippen LogP contribution in [0.3, 0.4) is 0 Å². The molecule has 0 aliphatic heterocycles. The molecule has 106 valence electrons. The molecule has 0 N–H and O–H groups in total. The molecule has 0 saturated heterocycles. The summed E-state index contributed by atoms with van der Waals surface area (Å²) in [5.41, 5.74) is 2.26. The molecule has 3 rings (SSSR count). The van der Waals surface area contributed by atoms with E-state index >= 15 is 0 Å². The summed E-state index contributed by atoms with van der Waals surface area (Å²) in [5, 5.41) is 0. The fraction of sp³-hybridized carbons (Fsp3) is 0.333. The van der Waals surface area contributed by atoms with Gasteiger partial charge in [0.05, 0.1) is 0 Å². The van der Waals surface area contributed by atoms with Crippen LogP contribution >= 0.6 is 0 Å². The number of ketones is 2. The van der Waals surface area contributed by atoms with Crippen LogP contribution in [0.2, 0.25) is 0 Å². The Hall–Kier alpha value is -1.96. The van der Waals surface area contributed by atoms with E-state index in [2.05, 4.69) is 0 Å². The minimum absolute atomic E-state index is 0.0128. The molecule has 2 aliphatic rings. The molecule has 0 heterocycles. The molecule has 0 unspecified atom stereocenters. The fourth-order valence-electron chi connectivity index (χ4n) is 2.27. The lowest BCUT2D eigenvalue weighted by Crippen LogP contribution is -2.23. The molecule has 2 heteroatoms. The first-order chi connectivity index (χ1) is 9.79. The van der Waals surface area contributed by atoms with Crippen LogP contribution in [-0.2, 0) is 0 Å². The van der Waals surface area contributed by atoms with Crippen molar-refractivity contribution in [3.63, 3.8) is 0 Å². The number of benzene rings is 1. The monoisotopic (exact) mass is 270 g/mol. The number of Topliss-reactive ketones (excluding diaryl/α,β-unsaturated/α-hetero) is 2. The van der Waals surface area contributed by atoms with Gasteiger partial charge >= 0.3 is 0 Å². The van der Waals surface area contributed by atoms with Crippen molar-refractivity contribution in [3.05, 3.63) is 58.7 Å². The van der Waals surface area contributed by atoms with Gasteiger partial charge in [0.25, 0.3) is 0 Å². The van der Waals surface area contributed by atoms with E-state index in [0.29, 0.717) is 22.3 Å². The summed E-state index contributed by atoms with van der Waals surface area (Å²) < 4.78 is 0. The number of fused-ring (bicyclic) bond motifs is 2. The average Bonchev–Trinajstić information content (AvgIpc) is 2.56. The van der Waals surface area contributed by atoms with E-state index in [1.807, 2.05) is 39.8 Å². The molecular weight excluding hydrogens is 248 g/mol. The minimum Gasteiger partial charge on any atom is -0.289 e. The lowest BCUT2D eigenvalue weighted by molar-refractivity contribution is 0.0971. The second-order valence-electron chi connectivity index (χ2n) is 4.02. The van der Waals surface area contributed by atoms with E-state index in [9.17, 15) is 9.59 Å². The third-order valence-corrected chi connectivity index (χ3v) is 3.06. The Morgan fingerprint density at radius 3 is 1.40 bits per heavy atom. The number of carbonyl (C=O) groups is 2.